The number of aryl methyl sites for hydroxylation is 1. The molecule has 1 aliphatic carbocycles. The predicted octanol–water partition coefficient (Wildman–Crippen LogP) is 4.00. The third kappa shape index (κ3) is 2.47. The summed E-state index contributed by atoms with van der Waals surface area (Å²) in [7, 11) is 0. The highest BCUT2D eigenvalue weighted by Gasteiger charge is 2.64. The molecule has 1 saturated carbocycles. The van der Waals surface area contributed by atoms with E-state index in [1.807, 2.05) is 6.92 Å². The fourth-order valence-corrected chi connectivity index (χ4v) is 3.00. The van der Waals surface area contributed by atoms with Crippen molar-refractivity contribution in [1.82, 2.24) is 9.97 Å². The zero-order chi connectivity index (χ0) is 14.4. The van der Waals surface area contributed by atoms with Crippen molar-refractivity contribution in [2.24, 2.45) is 16.7 Å². The van der Waals surface area contributed by atoms with Gasteiger partial charge in [-0.1, -0.05) is 41.5 Å². The Hall–Kier alpha value is -1.12. The number of aromatic nitrogens is 2. The fraction of sp³-hybridized carbons (Fsp3) is 0.750. The third-order valence-electron chi connectivity index (χ3n) is 5.25. The molecule has 0 spiro atoms. The summed E-state index contributed by atoms with van der Waals surface area (Å²) in [5.74, 6) is 1.91. The Balaban J connectivity index is 2.05. The van der Waals surface area contributed by atoms with E-state index in [1.165, 1.54) is 0 Å². The van der Waals surface area contributed by atoms with Crippen molar-refractivity contribution in [3.05, 3.63) is 17.5 Å². The Morgan fingerprint density at radius 3 is 2.21 bits per heavy atom. The van der Waals surface area contributed by atoms with E-state index in [1.54, 1.807) is 0 Å². The standard InChI is InChI=1S/C16H27N3/c1-10(2)12-8-11(3)18-14(19-12)17-9-13-15(4,5)16(13,6)7/h8,10,13H,9H2,1-7H3,(H,17,18,19). The van der Waals surface area contributed by atoms with Crippen LogP contribution >= 0.6 is 0 Å². The first-order chi connectivity index (χ1) is 8.66. The van der Waals surface area contributed by atoms with Crippen LogP contribution in [0, 0.1) is 23.7 Å². The van der Waals surface area contributed by atoms with E-state index in [0.29, 0.717) is 22.7 Å². The first-order valence-corrected chi connectivity index (χ1v) is 7.25. The number of hydrogen-bond donors (Lipinski definition) is 1. The molecule has 0 aliphatic heterocycles. The average molecular weight is 261 g/mol. The van der Waals surface area contributed by atoms with Gasteiger partial charge in [0.05, 0.1) is 0 Å². The smallest absolute Gasteiger partial charge is 0.223 e. The van der Waals surface area contributed by atoms with Crippen molar-refractivity contribution >= 4 is 5.95 Å². The minimum Gasteiger partial charge on any atom is -0.354 e. The van der Waals surface area contributed by atoms with Crippen LogP contribution < -0.4 is 5.32 Å². The van der Waals surface area contributed by atoms with E-state index in [4.69, 9.17) is 0 Å². The number of anilines is 1. The van der Waals surface area contributed by atoms with Gasteiger partial charge in [0.25, 0.3) is 0 Å². The van der Waals surface area contributed by atoms with Crippen molar-refractivity contribution in [2.45, 2.75) is 54.4 Å². The van der Waals surface area contributed by atoms with Crippen LogP contribution in [0.5, 0.6) is 0 Å². The van der Waals surface area contributed by atoms with E-state index >= 15 is 0 Å². The Kier molecular flexibility index (Phi) is 3.36. The van der Waals surface area contributed by atoms with Gasteiger partial charge >= 0.3 is 0 Å². The van der Waals surface area contributed by atoms with Gasteiger partial charge in [0.1, 0.15) is 0 Å². The first kappa shape index (κ1) is 14.3. The second-order valence-corrected chi connectivity index (χ2v) is 7.29. The summed E-state index contributed by atoms with van der Waals surface area (Å²) in [6.07, 6.45) is 0. The minimum atomic E-state index is 0.407. The van der Waals surface area contributed by atoms with Crippen molar-refractivity contribution in [1.29, 1.82) is 0 Å². The summed E-state index contributed by atoms with van der Waals surface area (Å²) in [6, 6.07) is 2.07. The fourth-order valence-electron chi connectivity index (χ4n) is 3.00. The van der Waals surface area contributed by atoms with Crippen LogP contribution in [0.4, 0.5) is 5.95 Å². The van der Waals surface area contributed by atoms with Crippen LogP contribution in [0.2, 0.25) is 0 Å². The summed E-state index contributed by atoms with van der Waals surface area (Å²) < 4.78 is 0. The number of hydrogen-bond acceptors (Lipinski definition) is 3. The normalized spacial score (nSPS) is 20.6. The zero-order valence-corrected chi connectivity index (χ0v) is 13.3. The average Bonchev–Trinajstić information content (AvgIpc) is 2.66. The molecule has 1 heterocycles. The van der Waals surface area contributed by atoms with Crippen molar-refractivity contribution in [3.8, 4) is 0 Å². The highest BCUT2D eigenvalue weighted by atomic mass is 15.1. The quantitative estimate of drug-likeness (QED) is 0.890. The molecule has 0 unspecified atom stereocenters. The van der Waals surface area contributed by atoms with Gasteiger partial charge in [0.2, 0.25) is 5.95 Å². The predicted molar refractivity (Wildman–Crippen MR) is 80.4 cm³/mol. The lowest BCUT2D eigenvalue weighted by atomic mass is 10.0. The summed E-state index contributed by atoms with van der Waals surface area (Å²) in [5.41, 5.74) is 2.97. The number of rotatable bonds is 4. The molecule has 3 heteroatoms. The second-order valence-electron chi connectivity index (χ2n) is 7.29. The maximum absolute atomic E-state index is 4.61. The minimum absolute atomic E-state index is 0.407. The lowest BCUT2D eigenvalue weighted by molar-refractivity contribution is 0.457. The van der Waals surface area contributed by atoms with E-state index in [2.05, 4.69) is 62.9 Å². The van der Waals surface area contributed by atoms with Crippen molar-refractivity contribution in [2.75, 3.05) is 11.9 Å². The van der Waals surface area contributed by atoms with Gasteiger partial charge < -0.3 is 5.32 Å². The molecule has 0 bridgehead atoms. The molecule has 0 aromatic carbocycles. The summed E-state index contributed by atoms with van der Waals surface area (Å²) >= 11 is 0. The van der Waals surface area contributed by atoms with Gasteiger partial charge in [0.15, 0.2) is 0 Å². The molecule has 1 aromatic heterocycles. The molecule has 106 valence electrons. The lowest BCUT2D eigenvalue weighted by Crippen LogP contribution is -2.12. The van der Waals surface area contributed by atoms with Crippen LogP contribution in [0.15, 0.2) is 6.07 Å². The summed E-state index contributed by atoms with van der Waals surface area (Å²) in [6.45, 7) is 16.7. The molecule has 3 nitrogen and oxygen atoms in total. The molecule has 0 amide bonds. The summed E-state index contributed by atoms with van der Waals surface area (Å²) in [5, 5.41) is 3.43. The van der Waals surface area contributed by atoms with Crippen LogP contribution in [-0.2, 0) is 0 Å². The molecule has 1 N–H and O–H groups in total. The largest absolute Gasteiger partial charge is 0.354 e. The third-order valence-corrected chi connectivity index (χ3v) is 5.25. The lowest BCUT2D eigenvalue weighted by Gasteiger charge is -2.10. The van der Waals surface area contributed by atoms with Gasteiger partial charge in [-0.05, 0) is 35.7 Å². The van der Waals surface area contributed by atoms with Crippen molar-refractivity contribution in [3.63, 3.8) is 0 Å². The van der Waals surface area contributed by atoms with Crippen molar-refractivity contribution < 1.29 is 0 Å². The maximum atomic E-state index is 4.61. The van der Waals surface area contributed by atoms with Gasteiger partial charge in [0, 0.05) is 17.9 Å². The highest BCUT2D eigenvalue weighted by molar-refractivity contribution is 5.30. The Labute approximate surface area is 117 Å². The molecular weight excluding hydrogens is 234 g/mol. The Morgan fingerprint density at radius 2 is 1.74 bits per heavy atom. The number of nitrogens with zero attached hydrogens (tertiary/aromatic N) is 2. The molecule has 19 heavy (non-hydrogen) atoms. The number of nitrogens with one attached hydrogen (secondary N) is 1. The zero-order valence-electron chi connectivity index (χ0n) is 13.3. The molecule has 2 rings (SSSR count). The molecule has 1 fully saturated rings. The topological polar surface area (TPSA) is 37.8 Å². The monoisotopic (exact) mass is 261 g/mol. The summed E-state index contributed by atoms with van der Waals surface area (Å²) in [4.78, 5) is 9.10. The van der Waals surface area contributed by atoms with Crippen LogP contribution in [-0.4, -0.2) is 16.5 Å². The van der Waals surface area contributed by atoms with E-state index in [9.17, 15) is 0 Å². The Morgan fingerprint density at radius 1 is 1.16 bits per heavy atom. The van der Waals surface area contributed by atoms with Crippen LogP contribution in [0.3, 0.4) is 0 Å². The van der Waals surface area contributed by atoms with E-state index in [0.717, 1.165) is 23.9 Å². The van der Waals surface area contributed by atoms with Gasteiger partial charge in [-0.15, -0.1) is 0 Å². The van der Waals surface area contributed by atoms with Crippen LogP contribution in [0.25, 0.3) is 0 Å². The second kappa shape index (κ2) is 4.46. The molecule has 0 radical (unpaired) electrons. The molecule has 0 atom stereocenters. The Bertz CT molecular complexity index is 461. The van der Waals surface area contributed by atoms with Gasteiger partial charge in [-0.2, -0.15) is 0 Å². The highest BCUT2D eigenvalue weighted by Crippen LogP contribution is 2.68. The molecule has 1 aliphatic rings. The van der Waals surface area contributed by atoms with Crippen LogP contribution in [0.1, 0.15) is 58.8 Å². The van der Waals surface area contributed by atoms with E-state index < -0.39 is 0 Å². The van der Waals surface area contributed by atoms with Gasteiger partial charge in [-0.3, -0.25) is 0 Å². The SMILES string of the molecule is Cc1cc(C(C)C)nc(NCC2C(C)(C)C2(C)C)n1. The van der Waals surface area contributed by atoms with E-state index in [-0.39, 0.29) is 0 Å². The molecule has 0 saturated heterocycles. The first-order valence-electron chi connectivity index (χ1n) is 7.25. The molecule has 1 aromatic rings. The van der Waals surface area contributed by atoms with Gasteiger partial charge in [-0.25, -0.2) is 9.97 Å². The maximum Gasteiger partial charge on any atom is 0.223 e. The molecular formula is C16H27N3.